The first-order chi connectivity index (χ1) is 16.7. The van der Waals surface area contributed by atoms with Gasteiger partial charge in [0.2, 0.25) is 0 Å². The fraction of sp³-hybridized carbons (Fsp3) is 0.500. The molecule has 3 nitrogen and oxygen atoms in total. The summed E-state index contributed by atoms with van der Waals surface area (Å²) < 4.78 is 6.63. The fourth-order valence-corrected chi connectivity index (χ4v) is 7.15. The van der Waals surface area contributed by atoms with E-state index in [0.717, 1.165) is 33.4 Å². The van der Waals surface area contributed by atoms with Crippen molar-refractivity contribution in [3.63, 3.8) is 0 Å². The Kier molecular flexibility index (Phi) is 7.66. The number of unbranched alkanes of at least 4 members (excludes halogenated alkanes) is 1. The van der Waals surface area contributed by atoms with E-state index < -0.39 is 0 Å². The summed E-state index contributed by atoms with van der Waals surface area (Å²) in [5.74, 6) is 1.54. The Hall–Kier alpha value is -2.17. The molecule has 1 aliphatic carbocycles. The van der Waals surface area contributed by atoms with Crippen LogP contribution in [0.3, 0.4) is 0 Å². The monoisotopic (exact) mass is 475 g/mol. The molecule has 2 aliphatic rings. The van der Waals surface area contributed by atoms with Crippen molar-refractivity contribution < 1.29 is 9.53 Å². The van der Waals surface area contributed by atoms with Crippen LogP contribution in [0.25, 0.3) is 10.1 Å². The Balaban J connectivity index is 1.33. The summed E-state index contributed by atoms with van der Waals surface area (Å²) in [6, 6.07) is 14.6. The molecule has 0 unspecified atom stereocenters. The van der Waals surface area contributed by atoms with Gasteiger partial charge in [-0.3, -0.25) is 4.79 Å². The first kappa shape index (κ1) is 23.6. The predicted octanol–water partition coefficient (Wildman–Crippen LogP) is 7.61. The van der Waals surface area contributed by atoms with Crippen LogP contribution in [-0.4, -0.2) is 37.4 Å². The Morgan fingerprint density at radius 1 is 0.971 bits per heavy atom. The lowest BCUT2D eigenvalue weighted by Crippen LogP contribution is -2.20. The van der Waals surface area contributed by atoms with Crippen molar-refractivity contribution in [3.8, 4) is 5.75 Å². The van der Waals surface area contributed by atoms with E-state index in [-0.39, 0.29) is 5.78 Å². The highest BCUT2D eigenvalue weighted by atomic mass is 32.1. The number of thiophene rings is 1. The molecule has 0 radical (unpaired) electrons. The molecule has 2 fully saturated rings. The molecule has 1 aliphatic heterocycles. The third-order valence-corrected chi connectivity index (χ3v) is 9.05. The molecule has 180 valence electrons. The minimum Gasteiger partial charge on any atom is -0.497 e. The molecule has 34 heavy (non-hydrogen) atoms. The molecule has 0 bridgehead atoms. The van der Waals surface area contributed by atoms with Gasteiger partial charge in [0.05, 0.1) is 7.11 Å². The molecule has 0 spiro atoms. The average molecular weight is 476 g/mol. The van der Waals surface area contributed by atoms with Gasteiger partial charge in [0.15, 0.2) is 5.78 Å². The Bertz CT molecular complexity index is 1100. The number of carbonyl (C=O) groups excluding carboxylic acids is 1. The van der Waals surface area contributed by atoms with Crippen LogP contribution in [0.5, 0.6) is 5.75 Å². The molecule has 5 rings (SSSR count). The number of rotatable bonds is 9. The van der Waals surface area contributed by atoms with Crippen LogP contribution < -0.4 is 4.74 Å². The number of aryl methyl sites for hydroxylation is 1. The second-order valence-corrected chi connectivity index (χ2v) is 11.2. The van der Waals surface area contributed by atoms with Gasteiger partial charge in [-0.25, -0.2) is 0 Å². The average Bonchev–Trinajstić information content (AvgIpc) is 3.54. The van der Waals surface area contributed by atoms with Gasteiger partial charge in [-0.1, -0.05) is 43.5 Å². The number of carbonyl (C=O) groups is 1. The van der Waals surface area contributed by atoms with E-state index in [4.69, 9.17) is 4.74 Å². The number of hydrogen-bond donors (Lipinski definition) is 0. The maximum Gasteiger partial charge on any atom is 0.194 e. The second-order valence-electron chi connectivity index (χ2n) is 10.1. The maximum atomic E-state index is 13.8. The van der Waals surface area contributed by atoms with Gasteiger partial charge in [-0.15, -0.1) is 11.3 Å². The summed E-state index contributed by atoms with van der Waals surface area (Å²) in [6.07, 6.45) is 12.5. The smallest absolute Gasteiger partial charge is 0.194 e. The summed E-state index contributed by atoms with van der Waals surface area (Å²) >= 11 is 1.81. The number of nitrogens with zero attached hydrogens (tertiary/aromatic N) is 1. The molecule has 1 saturated heterocycles. The third-order valence-electron chi connectivity index (χ3n) is 7.73. The summed E-state index contributed by atoms with van der Waals surface area (Å²) in [7, 11) is 1.71. The highest BCUT2D eigenvalue weighted by Crippen LogP contribution is 2.44. The molecule has 1 saturated carbocycles. The van der Waals surface area contributed by atoms with Crippen LogP contribution in [0.15, 0.2) is 42.5 Å². The number of likely N-dealkylation sites (tertiary alicyclic amines) is 1. The largest absolute Gasteiger partial charge is 0.497 e. The summed E-state index contributed by atoms with van der Waals surface area (Å²) in [5.41, 5.74) is 3.09. The number of ketones is 1. The summed E-state index contributed by atoms with van der Waals surface area (Å²) in [4.78, 5) is 17.7. The quantitative estimate of drug-likeness (QED) is 0.236. The van der Waals surface area contributed by atoms with Gasteiger partial charge in [0, 0.05) is 26.1 Å². The van der Waals surface area contributed by atoms with E-state index in [2.05, 4.69) is 41.3 Å². The zero-order valence-electron chi connectivity index (χ0n) is 20.5. The van der Waals surface area contributed by atoms with Gasteiger partial charge in [0.1, 0.15) is 5.75 Å². The van der Waals surface area contributed by atoms with Gasteiger partial charge in [0.25, 0.3) is 0 Å². The van der Waals surface area contributed by atoms with Crippen LogP contribution in [0.1, 0.15) is 90.1 Å². The van der Waals surface area contributed by atoms with Crippen LogP contribution in [0, 0.1) is 0 Å². The Labute approximate surface area is 208 Å². The SMILES string of the molecule is COc1ccc2c(C(=O)c3ccc(CCCCN4CCCC4)cc3)c(C3CCCCC3)sc2c1. The fourth-order valence-electron chi connectivity index (χ4n) is 5.75. The standard InChI is InChI=1S/C30H37NO2S/c1-33-25-16-17-26-27(21-25)34-30(24-10-3-2-4-11-24)28(26)29(32)23-14-12-22(13-15-23)9-5-6-18-31-19-7-8-20-31/h12-17,21,24H,2-11,18-20H2,1H3. The topological polar surface area (TPSA) is 29.5 Å². The maximum absolute atomic E-state index is 13.8. The van der Waals surface area contributed by atoms with Crippen molar-refractivity contribution in [2.45, 2.75) is 70.1 Å². The van der Waals surface area contributed by atoms with Gasteiger partial charge in [-0.05, 0) is 94.3 Å². The normalized spacial score (nSPS) is 17.4. The first-order valence-electron chi connectivity index (χ1n) is 13.2. The zero-order valence-corrected chi connectivity index (χ0v) is 21.3. The molecule has 1 aromatic heterocycles. The van der Waals surface area contributed by atoms with Crippen molar-refractivity contribution in [2.24, 2.45) is 0 Å². The molecule has 0 amide bonds. The van der Waals surface area contributed by atoms with Crippen LogP contribution in [-0.2, 0) is 6.42 Å². The minimum absolute atomic E-state index is 0.178. The lowest BCUT2D eigenvalue weighted by molar-refractivity contribution is 0.103. The lowest BCUT2D eigenvalue weighted by Gasteiger charge is -2.21. The van der Waals surface area contributed by atoms with E-state index in [1.807, 2.05) is 6.07 Å². The predicted molar refractivity (Wildman–Crippen MR) is 143 cm³/mol. The van der Waals surface area contributed by atoms with Crippen molar-refractivity contribution >= 4 is 27.2 Å². The van der Waals surface area contributed by atoms with E-state index in [0.29, 0.717) is 5.92 Å². The summed E-state index contributed by atoms with van der Waals surface area (Å²) in [6.45, 7) is 3.80. The van der Waals surface area contributed by atoms with Crippen LogP contribution >= 0.6 is 11.3 Å². The molecule has 2 heterocycles. The molecular formula is C30H37NO2S. The number of methoxy groups -OCH3 is 1. The molecular weight excluding hydrogens is 438 g/mol. The van der Waals surface area contributed by atoms with Gasteiger partial charge < -0.3 is 9.64 Å². The molecule has 0 atom stereocenters. The highest BCUT2D eigenvalue weighted by Gasteiger charge is 2.27. The number of fused-ring (bicyclic) bond motifs is 1. The van der Waals surface area contributed by atoms with E-state index in [1.54, 1.807) is 18.4 Å². The Morgan fingerprint density at radius 3 is 2.47 bits per heavy atom. The van der Waals surface area contributed by atoms with Gasteiger partial charge in [-0.2, -0.15) is 0 Å². The van der Waals surface area contributed by atoms with Crippen LogP contribution in [0.2, 0.25) is 0 Å². The highest BCUT2D eigenvalue weighted by molar-refractivity contribution is 7.19. The van der Waals surface area contributed by atoms with Crippen LogP contribution in [0.4, 0.5) is 0 Å². The van der Waals surface area contributed by atoms with E-state index in [1.165, 1.54) is 87.9 Å². The van der Waals surface area contributed by atoms with Crippen molar-refractivity contribution in [1.29, 1.82) is 0 Å². The van der Waals surface area contributed by atoms with Crippen molar-refractivity contribution in [1.82, 2.24) is 4.90 Å². The first-order valence-corrected chi connectivity index (χ1v) is 14.0. The van der Waals surface area contributed by atoms with E-state index >= 15 is 0 Å². The number of benzene rings is 2. The Morgan fingerprint density at radius 2 is 1.74 bits per heavy atom. The lowest BCUT2D eigenvalue weighted by atomic mass is 9.85. The number of hydrogen-bond acceptors (Lipinski definition) is 4. The molecule has 0 N–H and O–H groups in total. The van der Waals surface area contributed by atoms with Gasteiger partial charge >= 0.3 is 0 Å². The van der Waals surface area contributed by atoms with Crippen molar-refractivity contribution in [3.05, 3.63) is 64.0 Å². The zero-order chi connectivity index (χ0) is 23.3. The molecule has 4 heteroatoms. The molecule has 3 aromatic rings. The summed E-state index contributed by atoms with van der Waals surface area (Å²) in [5, 5.41) is 1.09. The van der Waals surface area contributed by atoms with E-state index in [9.17, 15) is 4.79 Å². The second kappa shape index (κ2) is 11.0. The number of ether oxygens (including phenoxy) is 1. The van der Waals surface area contributed by atoms with Crippen molar-refractivity contribution in [2.75, 3.05) is 26.7 Å². The molecule has 2 aromatic carbocycles. The minimum atomic E-state index is 0.178. The third kappa shape index (κ3) is 5.23.